The second-order valence-corrected chi connectivity index (χ2v) is 6.13. The van der Waals surface area contributed by atoms with Crippen LogP contribution < -0.4 is 5.14 Å². The van der Waals surface area contributed by atoms with E-state index in [1.54, 1.807) is 18.4 Å². The van der Waals surface area contributed by atoms with Gasteiger partial charge in [0.25, 0.3) is 15.2 Å². The number of nitrogens with two attached hydrogens (primary N) is 1. The molecule has 2 aromatic heterocycles. The maximum absolute atomic E-state index is 11.4. The Morgan fingerprint density at radius 3 is 2.84 bits per heavy atom. The van der Waals surface area contributed by atoms with E-state index in [1.165, 1.54) is 4.57 Å². The molecule has 0 aliphatic heterocycles. The smallest absolute Gasteiger partial charge is 0.273 e. The fraction of sp³-hybridized carbons (Fsp3) is 0.400. The molecule has 0 unspecified atom stereocenters. The van der Waals surface area contributed by atoms with Crippen molar-refractivity contribution >= 4 is 21.4 Å². The summed E-state index contributed by atoms with van der Waals surface area (Å²) in [6, 6.07) is 1.95. The summed E-state index contributed by atoms with van der Waals surface area (Å²) in [4.78, 5) is 0. The Labute approximate surface area is 115 Å². The van der Waals surface area contributed by atoms with Crippen LogP contribution in [0.2, 0.25) is 0 Å². The van der Waals surface area contributed by atoms with Crippen molar-refractivity contribution in [3.05, 3.63) is 28.2 Å². The molecule has 104 valence electrons. The second kappa shape index (κ2) is 5.78. The van der Waals surface area contributed by atoms with Gasteiger partial charge in [0.15, 0.2) is 0 Å². The molecule has 2 heterocycles. The normalized spacial score (nSPS) is 11.9. The van der Waals surface area contributed by atoms with Crippen molar-refractivity contribution in [2.45, 2.75) is 18.1 Å². The zero-order valence-electron chi connectivity index (χ0n) is 10.3. The van der Waals surface area contributed by atoms with E-state index < -0.39 is 10.0 Å². The Balaban J connectivity index is 2.35. The average Bonchev–Trinajstić information content (AvgIpc) is 2.96. The van der Waals surface area contributed by atoms with Gasteiger partial charge < -0.3 is 4.74 Å². The number of hydrogen-bond donors (Lipinski definition) is 1. The molecule has 0 saturated heterocycles. The van der Waals surface area contributed by atoms with E-state index in [-0.39, 0.29) is 5.16 Å². The van der Waals surface area contributed by atoms with Crippen LogP contribution in [0.3, 0.4) is 0 Å². The van der Waals surface area contributed by atoms with Crippen LogP contribution in [0.15, 0.2) is 22.0 Å². The van der Waals surface area contributed by atoms with Gasteiger partial charge in [-0.3, -0.25) is 4.57 Å². The highest BCUT2D eigenvalue weighted by atomic mass is 32.2. The highest BCUT2D eigenvalue weighted by Gasteiger charge is 2.21. The van der Waals surface area contributed by atoms with E-state index in [1.807, 2.05) is 16.8 Å². The number of thiophene rings is 1. The first-order chi connectivity index (χ1) is 9.02. The first-order valence-corrected chi connectivity index (χ1v) is 7.96. The van der Waals surface area contributed by atoms with Gasteiger partial charge in [0.1, 0.15) is 5.82 Å². The van der Waals surface area contributed by atoms with E-state index in [2.05, 4.69) is 10.2 Å². The Morgan fingerprint density at radius 1 is 1.47 bits per heavy atom. The van der Waals surface area contributed by atoms with Crippen molar-refractivity contribution in [2.24, 2.45) is 5.14 Å². The number of methoxy groups -OCH3 is 1. The van der Waals surface area contributed by atoms with E-state index >= 15 is 0 Å². The molecule has 7 nitrogen and oxygen atoms in total. The van der Waals surface area contributed by atoms with Gasteiger partial charge in [0.2, 0.25) is 0 Å². The molecular weight excluding hydrogens is 288 g/mol. The van der Waals surface area contributed by atoms with E-state index in [0.29, 0.717) is 25.4 Å². The van der Waals surface area contributed by atoms with E-state index in [9.17, 15) is 8.42 Å². The van der Waals surface area contributed by atoms with Crippen LogP contribution in [-0.2, 0) is 27.7 Å². The van der Waals surface area contributed by atoms with Gasteiger partial charge in [0, 0.05) is 20.1 Å². The first kappa shape index (κ1) is 14.1. The van der Waals surface area contributed by atoms with Crippen molar-refractivity contribution in [1.29, 1.82) is 0 Å². The van der Waals surface area contributed by atoms with Crippen LogP contribution in [0.1, 0.15) is 11.4 Å². The Hall–Kier alpha value is -1.29. The molecule has 2 rings (SSSR count). The van der Waals surface area contributed by atoms with E-state index in [4.69, 9.17) is 9.88 Å². The summed E-state index contributed by atoms with van der Waals surface area (Å²) in [6.45, 7) is 0.700. The topological polar surface area (TPSA) is 100 Å². The quantitative estimate of drug-likeness (QED) is 0.823. The van der Waals surface area contributed by atoms with Gasteiger partial charge in [-0.05, 0) is 22.4 Å². The molecular formula is C10H14N4O3S2. The molecule has 0 bridgehead atoms. The van der Waals surface area contributed by atoms with Crippen LogP contribution in [-0.4, -0.2) is 36.9 Å². The number of rotatable bonds is 6. The third kappa shape index (κ3) is 3.38. The molecule has 0 aromatic carbocycles. The summed E-state index contributed by atoms with van der Waals surface area (Å²) < 4.78 is 29.3. The molecule has 0 atom stereocenters. The Kier molecular flexibility index (Phi) is 4.30. The third-order valence-corrected chi connectivity index (χ3v) is 4.05. The second-order valence-electron chi connectivity index (χ2n) is 3.90. The molecule has 0 aliphatic carbocycles. The fourth-order valence-corrected chi connectivity index (χ4v) is 2.97. The minimum Gasteiger partial charge on any atom is -0.383 e. The van der Waals surface area contributed by atoms with Crippen LogP contribution in [0, 0.1) is 0 Å². The predicted octanol–water partition coefficient (Wildman–Crippen LogP) is 0.224. The van der Waals surface area contributed by atoms with E-state index in [0.717, 1.165) is 5.56 Å². The van der Waals surface area contributed by atoms with Crippen molar-refractivity contribution in [3.63, 3.8) is 0 Å². The minimum absolute atomic E-state index is 0.227. The summed E-state index contributed by atoms with van der Waals surface area (Å²) in [7, 11) is -2.34. The zero-order valence-corrected chi connectivity index (χ0v) is 11.9. The zero-order chi connectivity index (χ0) is 13.9. The molecule has 9 heteroatoms. The van der Waals surface area contributed by atoms with Crippen molar-refractivity contribution in [2.75, 3.05) is 13.7 Å². The Morgan fingerprint density at radius 2 is 2.26 bits per heavy atom. The maximum Gasteiger partial charge on any atom is 0.273 e. The first-order valence-electron chi connectivity index (χ1n) is 5.47. The molecule has 0 radical (unpaired) electrons. The molecule has 0 aliphatic rings. The number of nitrogens with zero attached hydrogens (tertiary/aromatic N) is 3. The number of ether oxygens (including phenoxy) is 1. The average molecular weight is 302 g/mol. The molecule has 2 aromatic rings. The highest BCUT2D eigenvalue weighted by Crippen LogP contribution is 2.14. The lowest BCUT2D eigenvalue weighted by Gasteiger charge is -2.08. The van der Waals surface area contributed by atoms with Gasteiger partial charge in [-0.2, -0.15) is 11.3 Å². The monoisotopic (exact) mass is 302 g/mol. The lowest BCUT2D eigenvalue weighted by Crippen LogP contribution is -2.21. The van der Waals surface area contributed by atoms with Crippen LogP contribution in [0.5, 0.6) is 0 Å². The largest absolute Gasteiger partial charge is 0.383 e. The molecule has 0 spiro atoms. The van der Waals surface area contributed by atoms with Crippen LogP contribution >= 0.6 is 11.3 Å². The lowest BCUT2D eigenvalue weighted by molar-refractivity contribution is 0.183. The lowest BCUT2D eigenvalue weighted by atomic mass is 10.2. The number of hydrogen-bond acceptors (Lipinski definition) is 6. The van der Waals surface area contributed by atoms with Crippen molar-refractivity contribution < 1.29 is 13.2 Å². The summed E-state index contributed by atoms with van der Waals surface area (Å²) in [6.07, 6.45) is 0.510. The van der Waals surface area contributed by atoms with Gasteiger partial charge in [-0.25, -0.2) is 13.6 Å². The molecule has 19 heavy (non-hydrogen) atoms. The standard InChI is InChI=1S/C10H14N4O3S2/c1-17-4-3-14-9(6-8-2-5-18-7-8)12-13-10(14)19(11,15)16/h2,5,7H,3-4,6H2,1H3,(H2,11,15,16). The summed E-state index contributed by atoms with van der Waals surface area (Å²) >= 11 is 1.57. The van der Waals surface area contributed by atoms with Gasteiger partial charge in [-0.15, -0.1) is 10.2 Å². The van der Waals surface area contributed by atoms with Crippen LogP contribution in [0.4, 0.5) is 0 Å². The maximum atomic E-state index is 11.4. The molecule has 0 fully saturated rings. The summed E-state index contributed by atoms with van der Waals surface area (Å²) in [5, 5.41) is 16.4. The number of aromatic nitrogens is 3. The summed E-state index contributed by atoms with van der Waals surface area (Å²) in [5.74, 6) is 0.555. The van der Waals surface area contributed by atoms with Crippen molar-refractivity contribution in [3.8, 4) is 0 Å². The third-order valence-electron chi connectivity index (χ3n) is 2.51. The van der Waals surface area contributed by atoms with Gasteiger partial charge >= 0.3 is 0 Å². The minimum atomic E-state index is -3.89. The number of sulfonamides is 1. The molecule has 2 N–H and O–H groups in total. The van der Waals surface area contributed by atoms with Crippen molar-refractivity contribution in [1.82, 2.24) is 14.8 Å². The molecule has 0 amide bonds. The highest BCUT2D eigenvalue weighted by molar-refractivity contribution is 7.89. The number of primary sulfonamides is 1. The van der Waals surface area contributed by atoms with Crippen LogP contribution in [0.25, 0.3) is 0 Å². The van der Waals surface area contributed by atoms with Gasteiger partial charge in [0.05, 0.1) is 6.61 Å². The molecule has 0 saturated carbocycles. The fourth-order valence-electron chi connectivity index (χ4n) is 1.64. The predicted molar refractivity (Wildman–Crippen MR) is 70.4 cm³/mol. The van der Waals surface area contributed by atoms with Gasteiger partial charge in [-0.1, -0.05) is 0 Å². The SMILES string of the molecule is COCCn1c(Cc2ccsc2)nnc1S(N)(=O)=O. The Bertz CT molecular complexity index is 634. The summed E-state index contributed by atoms with van der Waals surface area (Å²) in [5.41, 5.74) is 1.05.